The van der Waals surface area contributed by atoms with E-state index in [-0.39, 0.29) is 11.8 Å². The van der Waals surface area contributed by atoms with Gasteiger partial charge in [-0.05, 0) is 12.0 Å². The molecule has 1 fully saturated rings. The molecule has 3 rings (SSSR count). The zero-order chi connectivity index (χ0) is 14.5. The van der Waals surface area contributed by atoms with Crippen molar-refractivity contribution >= 4 is 5.91 Å². The molecule has 0 aliphatic carbocycles. The van der Waals surface area contributed by atoms with Gasteiger partial charge >= 0.3 is 11.8 Å². The lowest BCUT2D eigenvalue weighted by atomic mass is 10.1. The van der Waals surface area contributed by atoms with Gasteiger partial charge in [0.1, 0.15) is 0 Å². The summed E-state index contributed by atoms with van der Waals surface area (Å²) < 4.78 is 10.7. The first kappa shape index (κ1) is 13.8. The van der Waals surface area contributed by atoms with Crippen LogP contribution >= 0.6 is 0 Å². The minimum atomic E-state index is -0.211. The Bertz CT molecular complexity index is 591. The van der Waals surface area contributed by atoms with Crippen LogP contribution in [0.15, 0.2) is 34.7 Å². The maximum Gasteiger partial charge on any atom is 0.311 e. The van der Waals surface area contributed by atoms with Gasteiger partial charge in [-0.1, -0.05) is 30.3 Å². The molecule has 0 N–H and O–H groups in total. The number of benzene rings is 1. The van der Waals surface area contributed by atoms with Crippen LogP contribution in [0.3, 0.4) is 0 Å². The Kier molecular flexibility index (Phi) is 4.25. The topological polar surface area (TPSA) is 68.5 Å². The van der Waals surface area contributed by atoms with E-state index >= 15 is 0 Å². The standard InChI is InChI=1S/C15H17N3O3/c19-15(18-8-10-20-11-9-18)14-17-16-13(21-14)7-6-12-4-2-1-3-5-12/h1-5H,6-11H2. The molecule has 21 heavy (non-hydrogen) atoms. The van der Waals surface area contributed by atoms with Crippen LogP contribution < -0.4 is 0 Å². The monoisotopic (exact) mass is 287 g/mol. The highest BCUT2D eigenvalue weighted by atomic mass is 16.5. The van der Waals surface area contributed by atoms with Gasteiger partial charge in [0.25, 0.3) is 0 Å². The largest absolute Gasteiger partial charge is 0.417 e. The Labute approximate surface area is 122 Å². The Morgan fingerprint density at radius 3 is 2.62 bits per heavy atom. The van der Waals surface area contributed by atoms with Crippen LogP contribution in [0.25, 0.3) is 0 Å². The minimum absolute atomic E-state index is 0.0694. The van der Waals surface area contributed by atoms with E-state index < -0.39 is 0 Å². The number of hydrogen-bond donors (Lipinski definition) is 0. The number of carbonyl (C=O) groups excluding carboxylic acids is 1. The van der Waals surface area contributed by atoms with Crippen molar-refractivity contribution in [2.24, 2.45) is 0 Å². The molecule has 1 aliphatic rings. The van der Waals surface area contributed by atoms with Crippen LogP contribution in [0.1, 0.15) is 22.1 Å². The molecule has 1 aromatic carbocycles. The summed E-state index contributed by atoms with van der Waals surface area (Å²) >= 11 is 0. The van der Waals surface area contributed by atoms with Crippen LogP contribution in [0, 0.1) is 0 Å². The van der Waals surface area contributed by atoms with E-state index in [4.69, 9.17) is 9.15 Å². The van der Waals surface area contributed by atoms with Gasteiger partial charge < -0.3 is 14.1 Å². The maximum atomic E-state index is 12.2. The van der Waals surface area contributed by atoms with Gasteiger partial charge in [-0.25, -0.2) is 0 Å². The summed E-state index contributed by atoms with van der Waals surface area (Å²) in [6.45, 7) is 2.25. The van der Waals surface area contributed by atoms with Crippen LogP contribution in [-0.4, -0.2) is 47.3 Å². The van der Waals surface area contributed by atoms with Crippen molar-refractivity contribution in [3.05, 3.63) is 47.7 Å². The van der Waals surface area contributed by atoms with Crippen molar-refractivity contribution in [2.45, 2.75) is 12.8 Å². The van der Waals surface area contributed by atoms with Crippen molar-refractivity contribution in [1.82, 2.24) is 15.1 Å². The fourth-order valence-electron chi connectivity index (χ4n) is 2.24. The van der Waals surface area contributed by atoms with Crippen LogP contribution in [-0.2, 0) is 17.6 Å². The lowest BCUT2D eigenvalue weighted by molar-refractivity contribution is 0.0276. The Hall–Kier alpha value is -2.21. The van der Waals surface area contributed by atoms with Gasteiger partial charge in [0.15, 0.2) is 0 Å². The van der Waals surface area contributed by atoms with E-state index in [1.165, 1.54) is 5.56 Å². The molecule has 1 amide bonds. The van der Waals surface area contributed by atoms with Gasteiger partial charge in [0, 0.05) is 19.5 Å². The average Bonchev–Trinajstić information content (AvgIpc) is 3.03. The maximum absolute atomic E-state index is 12.2. The summed E-state index contributed by atoms with van der Waals surface area (Å²) in [5.74, 6) is 0.354. The third-order valence-corrected chi connectivity index (χ3v) is 3.42. The Morgan fingerprint density at radius 1 is 1.10 bits per heavy atom. The summed E-state index contributed by atoms with van der Waals surface area (Å²) in [5, 5.41) is 7.81. The molecule has 0 saturated carbocycles. The minimum Gasteiger partial charge on any atom is -0.417 e. The molecule has 1 aliphatic heterocycles. The van der Waals surface area contributed by atoms with Crippen LogP contribution in [0.2, 0.25) is 0 Å². The van der Waals surface area contributed by atoms with Crippen LogP contribution in [0.5, 0.6) is 0 Å². The molecule has 6 heteroatoms. The molecule has 1 saturated heterocycles. The average molecular weight is 287 g/mol. The van der Waals surface area contributed by atoms with E-state index in [9.17, 15) is 4.79 Å². The molecule has 0 radical (unpaired) electrons. The van der Waals surface area contributed by atoms with Gasteiger partial charge in [0.2, 0.25) is 5.89 Å². The molecule has 0 unspecified atom stereocenters. The van der Waals surface area contributed by atoms with Gasteiger partial charge in [0.05, 0.1) is 13.2 Å². The van der Waals surface area contributed by atoms with Crippen molar-refractivity contribution in [1.29, 1.82) is 0 Å². The molecule has 110 valence electrons. The van der Waals surface area contributed by atoms with Gasteiger partial charge in [-0.2, -0.15) is 0 Å². The molecule has 0 spiro atoms. The predicted octanol–water partition coefficient (Wildman–Crippen LogP) is 1.33. The van der Waals surface area contributed by atoms with Gasteiger partial charge in [-0.3, -0.25) is 4.79 Å². The number of aryl methyl sites for hydroxylation is 2. The first-order valence-corrected chi connectivity index (χ1v) is 7.06. The molecule has 0 bridgehead atoms. The second kappa shape index (κ2) is 6.49. The summed E-state index contributed by atoms with van der Waals surface area (Å²) in [6.07, 6.45) is 1.45. The quantitative estimate of drug-likeness (QED) is 0.848. The number of nitrogens with zero attached hydrogens (tertiary/aromatic N) is 3. The highest BCUT2D eigenvalue weighted by molar-refractivity contribution is 5.89. The van der Waals surface area contributed by atoms with Crippen molar-refractivity contribution in [3.8, 4) is 0 Å². The lowest BCUT2D eigenvalue weighted by Crippen LogP contribution is -2.40. The first-order valence-electron chi connectivity index (χ1n) is 7.06. The molecule has 6 nitrogen and oxygen atoms in total. The molecular formula is C15H17N3O3. The van der Waals surface area contributed by atoms with E-state index in [2.05, 4.69) is 22.3 Å². The zero-order valence-electron chi connectivity index (χ0n) is 11.7. The zero-order valence-corrected chi connectivity index (χ0v) is 11.7. The summed E-state index contributed by atoms with van der Waals surface area (Å²) in [6, 6.07) is 10.1. The van der Waals surface area contributed by atoms with E-state index in [0.29, 0.717) is 38.6 Å². The summed E-state index contributed by atoms with van der Waals surface area (Å²) in [5.41, 5.74) is 1.21. The number of ether oxygens (including phenoxy) is 1. The molecular weight excluding hydrogens is 270 g/mol. The summed E-state index contributed by atoms with van der Waals surface area (Å²) in [4.78, 5) is 13.8. The molecule has 2 aromatic rings. The van der Waals surface area contributed by atoms with Crippen molar-refractivity contribution in [2.75, 3.05) is 26.3 Å². The number of rotatable bonds is 4. The second-order valence-electron chi connectivity index (χ2n) is 4.89. The number of hydrogen-bond acceptors (Lipinski definition) is 5. The number of amides is 1. The third kappa shape index (κ3) is 3.46. The number of aromatic nitrogens is 2. The SMILES string of the molecule is O=C(c1nnc(CCc2ccccc2)o1)N1CCOCC1. The van der Waals surface area contributed by atoms with Crippen molar-refractivity contribution in [3.63, 3.8) is 0 Å². The fraction of sp³-hybridized carbons (Fsp3) is 0.400. The number of morpholine rings is 1. The Balaban J connectivity index is 1.59. The molecule has 1 aromatic heterocycles. The molecule has 2 heterocycles. The summed E-state index contributed by atoms with van der Waals surface area (Å²) in [7, 11) is 0. The van der Waals surface area contributed by atoms with Crippen molar-refractivity contribution < 1.29 is 13.9 Å². The lowest BCUT2D eigenvalue weighted by Gasteiger charge is -2.25. The van der Waals surface area contributed by atoms with Crippen LogP contribution in [0.4, 0.5) is 0 Å². The smallest absolute Gasteiger partial charge is 0.311 e. The first-order chi connectivity index (χ1) is 10.3. The highest BCUT2D eigenvalue weighted by Gasteiger charge is 2.23. The third-order valence-electron chi connectivity index (χ3n) is 3.42. The molecule has 0 atom stereocenters. The fourth-order valence-corrected chi connectivity index (χ4v) is 2.24. The predicted molar refractivity (Wildman–Crippen MR) is 74.9 cm³/mol. The Morgan fingerprint density at radius 2 is 1.86 bits per heavy atom. The highest BCUT2D eigenvalue weighted by Crippen LogP contribution is 2.09. The van der Waals surface area contributed by atoms with Gasteiger partial charge in [-0.15, -0.1) is 10.2 Å². The van der Waals surface area contributed by atoms with E-state index in [1.807, 2.05) is 18.2 Å². The second-order valence-corrected chi connectivity index (χ2v) is 4.89. The number of carbonyl (C=O) groups is 1. The van der Waals surface area contributed by atoms with E-state index in [1.54, 1.807) is 4.90 Å². The normalized spacial score (nSPS) is 15.1. The van der Waals surface area contributed by atoms with E-state index in [0.717, 1.165) is 6.42 Å².